The number of amides is 1. The number of nitrogens with zero attached hydrogens (tertiary/aromatic N) is 3. The topological polar surface area (TPSA) is 49.6 Å². The first kappa shape index (κ1) is 14.8. The summed E-state index contributed by atoms with van der Waals surface area (Å²) in [6.07, 6.45) is 3.97. The van der Waals surface area contributed by atoms with Gasteiger partial charge in [-0.1, -0.05) is 17.3 Å². The monoisotopic (exact) mass is 329 g/mol. The lowest BCUT2D eigenvalue weighted by molar-refractivity contribution is -0.119. The molecule has 5 nitrogen and oxygen atoms in total. The fraction of sp³-hybridized carbons (Fsp3) is 0.412. The quantitative estimate of drug-likeness (QED) is 0.809. The Kier molecular flexibility index (Phi) is 3.66. The van der Waals surface area contributed by atoms with Crippen LogP contribution in [0.25, 0.3) is 0 Å². The van der Waals surface area contributed by atoms with E-state index in [9.17, 15) is 4.79 Å². The van der Waals surface area contributed by atoms with Crippen LogP contribution >= 0.6 is 11.8 Å². The van der Waals surface area contributed by atoms with Crippen molar-refractivity contribution in [2.45, 2.75) is 36.9 Å². The Labute approximate surface area is 139 Å². The molecule has 4 rings (SSSR count). The molecule has 0 unspecified atom stereocenters. The van der Waals surface area contributed by atoms with Crippen LogP contribution in [0, 0.1) is 6.92 Å². The molecule has 2 aromatic rings. The summed E-state index contributed by atoms with van der Waals surface area (Å²) >= 11 is 1.72. The predicted molar refractivity (Wildman–Crippen MR) is 89.4 cm³/mol. The molecule has 23 heavy (non-hydrogen) atoms. The summed E-state index contributed by atoms with van der Waals surface area (Å²) in [6, 6.07) is 10.3. The molecular formula is C17H19N3O2S. The maximum atomic E-state index is 12.9. The molecule has 2 fully saturated rings. The van der Waals surface area contributed by atoms with Gasteiger partial charge in [0.15, 0.2) is 5.82 Å². The normalized spacial score (nSPS) is 24.4. The van der Waals surface area contributed by atoms with Gasteiger partial charge in [-0.05, 0) is 43.7 Å². The molecule has 1 amide bonds. The molecule has 2 atom stereocenters. The number of hydrogen-bond acceptors (Lipinski definition) is 5. The number of hydrogen-bond donors (Lipinski definition) is 0. The molecule has 3 heterocycles. The SMILES string of the molecule is CSc1ccc([C@H]2N(c3cc(C)on3)C(=O)[C@@H]3CCCN32)cc1. The fourth-order valence-corrected chi connectivity index (χ4v) is 4.01. The Bertz CT molecular complexity index is 728. The molecular weight excluding hydrogens is 310 g/mol. The van der Waals surface area contributed by atoms with Crippen molar-refractivity contribution >= 4 is 23.5 Å². The van der Waals surface area contributed by atoms with E-state index >= 15 is 0 Å². The van der Waals surface area contributed by atoms with Gasteiger partial charge in [0.05, 0.1) is 6.04 Å². The standard InChI is InChI=1S/C17H19N3O2S/c1-11-10-15(18-22-11)20-16(12-5-7-13(23-2)8-6-12)19-9-3-4-14(19)17(20)21/h5-8,10,14,16H,3-4,9H2,1-2H3/t14-,16+/m0/s1. The molecule has 0 spiro atoms. The van der Waals surface area contributed by atoms with Gasteiger partial charge < -0.3 is 4.52 Å². The molecule has 6 heteroatoms. The van der Waals surface area contributed by atoms with Crippen molar-refractivity contribution in [2.24, 2.45) is 0 Å². The predicted octanol–water partition coefficient (Wildman–Crippen LogP) is 3.21. The number of aryl methyl sites for hydroxylation is 1. The number of thioether (sulfide) groups is 1. The molecule has 0 aliphatic carbocycles. The van der Waals surface area contributed by atoms with Crippen molar-refractivity contribution in [3.05, 3.63) is 41.7 Å². The average Bonchev–Trinajstić information content (AvgIpc) is 3.25. The maximum absolute atomic E-state index is 12.9. The van der Waals surface area contributed by atoms with Crippen LogP contribution < -0.4 is 4.90 Å². The van der Waals surface area contributed by atoms with E-state index in [-0.39, 0.29) is 18.1 Å². The van der Waals surface area contributed by atoms with Crippen LogP contribution in [0.15, 0.2) is 39.8 Å². The molecule has 0 saturated carbocycles. The van der Waals surface area contributed by atoms with Crippen LogP contribution in [-0.2, 0) is 4.79 Å². The van der Waals surface area contributed by atoms with Gasteiger partial charge in [-0.15, -0.1) is 11.8 Å². The lowest BCUT2D eigenvalue weighted by atomic mass is 10.1. The van der Waals surface area contributed by atoms with Crippen LogP contribution in [0.1, 0.15) is 30.3 Å². The molecule has 120 valence electrons. The fourth-order valence-electron chi connectivity index (χ4n) is 3.60. The van der Waals surface area contributed by atoms with Crippen LogP contribution in [-0.4, -0.2) is 34.8 Å². The number of fused-ring (bicyclic) bond motifs is 1. The summed E-state index contributed by atoms with van der Waals surface area (Å²) < 4.78 is 5.20. The highest BCUT2D eigenvalue weighted by molar-refractivity contribution is 7.98. The van der Waals surface area contributed by atoms with Gasteiger partial charge in [0.1, 0.15) is 11.9 Å². The minimum atomic E-state index is -0.0876. The van der Waals surface area contributed by atoms with Gasteiger partial charge in [-0.2, -0.15) is 0 Å². The second-order valence-corrected chi connectivity index (χ2v) is 6.93. The van der Waals surface area contributed by atoms with Gasteiger partial charge in [-0.25, -0.2) is 0 Å². The number of rotatable bonds is 3. The summed E-state index contributed by atoms with van der Waals surface area (Å²) in [7, 11) is 0. The van der Waals surface area contributed by atoms with Crippen molar-refractivity contribution in [3.8, 4) is 0 Å². The highest BCUT2D eigenvalue weighted by atomic mass is 32.2. The Morgan fingerprint density at radius 1 is 1.30 bits per heavy atom. The Hall–Kier alpha value is -1.79. The van der Waals surface area contributed by atoms with Crippen molar-refractivity contribution < 1.29 is 9.32 Å². The van der Waals surface area contributed by atoms with Gasteiger partial charge >= 0.3 is 0 Å². The summed E-state index contributed by atoms with van der Waals surface area (Å²) in [5.41, 5.74) is 1.13. The van der Waals surface area contributed by atoms with E-state index in [2.05, 4.69) is 40.6 Å². The van der Waals surface area contributed by atoms with Crippen molar-refractivity contribution in [1.29, 1.82) is 0 Å². The van der Waals surface area contributed by atoms with Gasteiger partial charge in [0, 0.05) is 17.5 Å². The Morgan fingerprint density at radius 3 is 2.74 bits per heavy atom. The zero-order valence-electron chi connectivity index (χ0n) is 13.2. The average molecular weight is 329 g/mol. The van der Waals surface area contributed by atoms with Gasteiger partial charge in [-0.3, -0.25) is 14.6 Å². The molecule has 2 aliphatic rings. The van der Waals surface area contributed by atoms with E-state index in [0.717, 1.165) is 30.7 Å². The Balaban J connectivity index is 1.76. The summed E-state index contributed by atoms with van der Waals surface area (Å²) in [5, 5.41) is 4.08. The highest BCUT2D eigenvalue weighted by Gasteiger charge is 2.50. The molecule has 2 aliphatic heterocycles. The maximum Gasteiger partial charge on any atom is 0.247 e. The van der Waals surface area contributed by atoms with Crippen LogP contribution in [0.2, 0.25) is 0 Å². The largest absolute Gasteiger partial charge is 0.360 e. The first-order chi connectivity index (χ1) is 11.2. The summed E-state index contributed by atoms with van der Waals surface area (Å²) in [6.45, 7) is 2.79. The smallest absolute Gasteiger partial charge is 0.247 e. The molecule has 0 N–H and O–H groups in total. The first-order valence-corrected chi connectivity index (χ1v) is 9.07. The molecule has 1 aromatic heterocycles. The number of benzene rings is 1. The van der Waals surface area contributed by atoms with Crippen molar-refractivity contribution in [1.82, 2.24) is 10.1 Å². The molecule has 1 aromatic carbocycles. The van der Waals surface area contributed by atoms with E-state index in [4.69, 9.17) is 4.52 Å². The van der Waals surface area contributed by atoms with Crippen LogP contribution in [0.4, 0.5) is 5.82 Å². The van der Waals surface area contributed by atoms with Crippen molar-refractivity contribution in [2.75, 3.05) is 17.7 Å². The third-order valence-corrected chi connectivity index (χ3v) is 5.40. The highest BCUT2D eigenvalue weighted by Crippen LogP contribution is 2.42. The van der Waals surface area contributed by atoms with E-state index < -0.39 is 0 Å². The number of aromatic nitrogens is 1. The lowest BCUT2D eigenvalue weighted by Crippen LogP contribution is -2.32. The number of carbonyl (C=O) groups excluding carboxylic acids is 1. The number of anilines is 1. The zero-order valence-corrected chi connectivity index (χ0v) is 14.0. The van der Waals surface area contributed by atoms with E-state index in [1.54, 1.807) is 16.7 Å². The summed E-state index contributed by atoms with van der Waals surface area (Å²) in [5.74, 6) is 1.46. The van der Waals surface area contributed by atoms with Crippen LogP contribution in [0.5, 0.6) is 0 Å². The van der Waals surface area contributed by atoms with Gasteiger partial charge in [0.2, 0.25) is 5.91 Å². The second kappa shape index (κ2) is 5.69. The third-order valence-electron chi connectivity index (χ3n) is 4.65. The molecule has 0 bridgehead atoms. The van der Waals surface area contributed by atoms with E-state index in [1.807, 2.05) is 13.0 Å². The molecule has 2 saturated heterocycles. The molecule has 0 radical (unpaired) electrons. The minimum absolute atomic E-state index is 0.0303. The van der Waals surface area contributed by atoms with E-state index in [1.165, 1.54) is 4.90 Å². The lowest BCUT2D eigenvalue weighted by Gasteiger charge is -2.28. The number of carbonyl (C=O) groups is 1. The zero-order chi connectivity index (χ0) is 16.0. The van der Waals surface area contributed by atoms with Crippen LogP contribution in [0.3, 0.4) is 0 Å². The minimum Gasteiger partial charge on any atom is -0.360 e. The second-order valence-electron chi connectivity index (χ2n) is 6.05. The van der Waals surface area contributed by atoms with Gasteiger partial charge in [0.25, 0.3) is 0 Å². The summed E-state index contributed by atoms with van der Waals surface area (Å²) in [4.78, 5) is 18.2. The first-order valence-electron chi connectivity index (χ1n) is 7.85. The third kappa shape index (κ3) is 2.37. The Morgan fingerprint density at radius 2 is 2.09 bits per heavy atom. The van der Waals surface area contributed by atoms with Crippen molar-refractivity contribution in [3.63, 3.8) is 0 Å². The van der Waals surface area contributed by atoms with E-state index in [0.29, 0.717) is 5.82 Å².